The SMILES string of the molecule is CC(C)CN(C(=O)c1cnc(C(C)(C)C)nc1NCc1ccco1)[C@H]1C[C@@H](NC(=O)C2CCOCC2)CN(C(=O)OC(C)(C)C)C1. The second-order valence-corrected chi connectivity index (χ2v) is 14.9. The Morgan fingerprint density at radius 2 is 1.83 bits per heavy atom. The zero-order chi connectivity index (χ0) is 33.6. The quantitative estimate of drug-likeness (QED) is 0.388. The lowest BCUT2D eigenvalue weighted by molar-refractivity contribution is -0.129. The van der Waals surface area contributed by atoms with Crippen molar-refractivity contribution in [1.29, 1.82) is 0 Å². The molecule has 0 aliphatic carbocycles. The number of rotatable bonds is 9. The highest BCUT2D eigenvalue weighted by molar-refractivity contribution is 5.98. The summed E-state index contributed by atoms with van der Waals surface area (Å²) < 4.78 is 16.7. The first-order chi connectivity index (χ1) is 21.6. The van der Waals surface area contributed by atoms with Gasteiger partial charge in [0.15, 0.2) is 0 Å². The van der Waals surface area contributed by atoms with Crippen LogP contribution in [0.4, 0.5) is 10.6 Å². The number of hydrogen-bond donors (Lipinski definition) is 2. The Balaban J connectivity index is 1.66. The summed E-state index contributed by atoms with van der Waals surface area (Å²) >= 11 is 0. The molecule has 2 atom stereocenters. The Hall–Kier alpha value is -3.67. The standard InChI is InChI=1S/C34H52N6O6/c1-22(2)19-40(30(42)27-18-36-31(33(3,4)5)38-28(27)35-17-26-10-9-13-45-26)25-16-24(37-29(41)23-11-14-44-15-12-23)20-39(21-25)32(43)46-34(6,7)8/h9-10,13,18,22-25H,11-12,14-17,19-21H2,1-8H3,(H,37,41)(H,35,36,38)/t24-,25+/m1/s1. The molecular formula is C34H52N6O6. The number of anilines is 1. The lowest BCUT2D eigenvalue weighted by Gasteiger charge is -2.44. The summed E-state index contributed by atoms with van der Waals surface area (Å²) in [5, 5.41) is 6.50. The number of carbonyl (C=O) groups excluding carboxylic acids is 3. The molecule has 46 heavy (non-hydrogen) atoms. The minimum atomic E-state index is -0.695. The summed E-state index contributed by atoms with van der Waals surface area (Å²) in [5.74, 6) is 1.42. The smallest absolute Gasteiger partial charge is 0.410 e. The molecule has 2 fully saturated rings. The number of hydrogen-bond acceptors (Lipinski definition) is 9. The maximum Gasteiger partial charge on any atom is 0.410 e. The lowest BCUT2D eigenvalue weighted by atomic mass is 9.94. The fraction of sp³-hybridized carbons (Fsp3) is 0.676. The number of nitrogens with zero attached hydrogens (tertiary/aromatic N) is 4. The highest BCUT2D eigenvalue weighted by Crippen LogP contribution is 2.27. The van der Waals surface area contributed by atoms with Crippen LogP contribution in [-0.4, -0.2) is 88.2 Å². The molecule has 2 aromatic rings. The van der Waals surface area contributed by atoms with Crippen LogP contribution in [0.1, 0.15) is 96.6 Å². The molecule has 4 heterocycles. The van der Waals surface area contributed by atoms with Gasteiger partial charge in [-0.25, -0.2) is 14.8 Å². The summed E-state index contributed by atoms with van der Waals surface area (Å²) in [4.78, 5) is 54.1. The molecule has 2 aliphatic heterocycles. The summed E-state index contributed by atoms with van der Waals surface area (Å²) in [5.41, 5.74) is -0.704. The maximum atomic E-state index is 14.6. The van der Waals surface area contributed by atoms with Crippen molar-refractivity contribution in [1.82, 2.24) is 25.1 Å². The van der Waals surface area contributed by atoms with Crippen LogP contribution in [0.3, 0.4) is 0 Å². The first-order valence-electron chi connectivity index (χ1n) is 16.4. The number of piperidine rings is 1. The predicted octanol–water partition coefficient (Wildman–Crippen LogP) is 5.00. The highest BCUT2D eigenvalue weighted by atomic mass is 16.6. The molecule has 2 N–H and O–H groups in total. The number of furan rings is 1. The Labute approximate surface area is 273 Å². The fourth-order valence-corrected chi connectivity index (χ4v) is 5.72. The van der Waals surface area contributed by atoms with Crippen molar-refractivity contribution in [2.75, 3.05) is 38.2 Å². The summed E-state index contributed by atoms with van der Waals surface area (Å²) in [6.45, 7) is 18.1. The van der Waals surface area contributed by atoms with E-state index < -0.39 is 17.7 Å². The monoisotopic (exact) mass is 640 g/mol. The van der Waals surface area contributed by atoms with Crippen LogP contribution < -0.4 is 10.6 Å². The van der Waals surface area contributed by atoms with Crippen LogP contribution in [0.2, 0.25) is 0 Å². The lowest BCUT2D eigenvalue weighted by Crippen LogP contribution is -2.60. The number of carbonyl (C=O) groups is 3. The third kappa shape index (κ3) is 9.67. The second-order valence-electron chi connectivity index (χ2n) is 14.9. The number of amides is 3. The van der Waals surface area contributed by atoms with Crippen LogP contribution in [-0.2, 0) is 26.2 Å². The number of aromatic nitrogens is 2. The van der Waals surface area contributed by atoms with Gasteiger partial charge in [-0.2, -0.15) is 0 Å². The average molecular weight is 641 g/mol. The van der Waals surface area contributed by atoms with Gasteiger partial charge < -0.3 is 34.3 Å². The summed E-state index contributed by atoms with van der Waals surface area (Å²) in [6.07, 6.45) is 4.53. The van der Waals surface area contributed by atoms with E-state index in [0.29, 0.717) is 75.1 Å². The average Bonchev–Trinajstić information content (AvgIpc) is 3.51. The van der Waals surface area contributed by atoms with Crippen molar-refractivity contribution in [3.63, 3.8) is 0 Å². The van der Waals surface area contributed by atoms with Gasteiger partial charge in [-0.1, -0.05) is 34.6 Å². The van der Waals surface area contributed by atoms with E-state index in [-0.39, 0.29) is 41.7 Å². The maximum absolute atomic E-state index is 14.6. The fourth-order valence-electron chi connectivity index (χ4n) is 5.72. The molecule has 12 nitrogen and oxygen atoms in total. The second kappa shape index (κ2) is 14.8. The largest absolute Gasteiger partial charge is 0.467 e. The molecule has 12 heteroatoms. The third-order valence-electron chi connectivity index (χ3n) is 7.98. The molecule has 2 aromatic heterocycles. The molecular weight excluding hydrogens is 588 g/mol. The van der Waals surface area contributed by atoms with Crippen molar-refractivity contribution in [2.24, 2.45) is 11.8 Å². The van der Waals surface area contributed by atoms with Gasteiger partial charge in [0.25, 0.3) is 5.91 Å². The Morgan fingerprint density at radius 1 is 1.11 bits per heavy atom. The molecule has 254 valence electrons. The van der Waals surface area contributed by atoms with E-state index in [1.54, 1.807) is 17.4 Å². The first kappa shape index (κ1) is 35.2. The van der Waals surface area contributed by atoms with Crippen LogP contribution in [0.25, 0.3) is 0 Å². The normalized spacial score (nSPS) is 19.5. The van der Waals surface area contributed by atoms with Crippen LogP contribution >= 0.6 is 0 Å². The van der Waals surface area contributed by atoms with Gasteiger partial charge in [-0.05, 0) is 58.1 Å². The number of likely N-dealkylation sites (tertiary alicyclic amines) is 1. The minimum Gasteiger partial charge on any atom is -0.467 e. The number of nitrogens with one attached hydrogen (secondary N) is 2. The van der Waals surface area contributed by atoms with E-state index in [2.05, 4.69) is 29.5 Å². The summed E-state index contributed by atoms with van der Waals surface area (Å²) in [7, 11) is 0. The third-order valence-corrected chi connectivity index (χ3v) is 7.98. The molecule has 0 bridgehead atoms. The van der Waals surface area contributed by atoms with Crippen LogP contribution in [0.15, 0.2) is 29.0 Å². The number of ether oxygens (including phenoxy) is 2. The zero-order valence-electron chi connectivity index (χ0n) is 28.7. The predicted molar refractivity (Wildman–Crippen MR) is 174 cm³/mol. The zero-order valence-corrected chi connectivity index (χ0v) is 28.7. The van der Waals surface area contributed by atoms with Crippen molar-refractivity contribution < 1.29 is 28.3 Å². The van der Waals surface area contributed by atoms with Crippen molar-refractivity contribution >= 4 is 23.7 Å². The van der Waals surface area contributed by atoms with Crippen molar-refractivity contribution in [3.8, 4) is 0 Å². The molecule has 0 spiro atoms. The molecule has 0 aromatic carbocycles. The van der Waals surface area contributed by atoms with E-state index in [9.17, 15) is 14.4 Å². The van der Waals surface area contributed by atoms with Crippen molar-refractivity contribution in [2.45, 2.75) is 104 Å². The Bertz CT molecular complexity index is 1330. The van der Waals surface area contributed by atoms with Gasteiger partial charge in [-0.15, -0.1) is 0 Å². The van der Waals surface area contributed by atoms with Gasteiger partial charge in [-0.3, -0.25) is 9.59 Å². The van der Waals surface area contributed by atoms with E-state index in [4.69, 9.17) is 18.9 Å². The molecule has 0 radical (unpaired) electrons. The topological polar surface area (TPSA) is 139 Å². The van der Waals surface area contributed by atoms with Crippen LogP contribution in [0.5, 0.6) is 0 Å². The van der Waals surface area contributed by atoms with Crippen molar-refractivity contribution in [3.05, 3.63) is 41.7 Å². The van der Waals surface area contributed by atoms with Crippen LogP contribution in [0, 0.1) is 11.8 Å². The van der Waals surface area contributed by atoms with Gasteiger partial charge in [0.05, 0.1) is 18.8 Å². The molecule has 4 rings (SSSR count). The van der Waals surface area contributed by atoms with E-state index in [0.717, 1.165) is 0 Å². The molecule has 2 saturated heterocycles. The minimum absolute atomic E-state index is 0.0459. The van der Waals surface area contributed by atoms with E-state index in [1.165, 1.54) is 0 Å². The van der Waals surface area contributed by atoms with Gasteiger partial charge in [0.1, 0.15) is 28.6 Å². The van der Waals surface area contributed by atoms with Gasteiger partial charge >= 0.3 is 6.09 Å². The Kier molecular flexibility index (Phi) is 11.3. The highest BCUT2D eigenvalue weighted by Gasteiger charge is 2.39. The Morgan fingerprint density at radius 3 is 2.43 bits per heavy atom. The molecule has 2 aliphatic rings. The van der Waals surface area contributed by atoms with E-state index >= 15 is 0 Å². The molecule has 0 saturated carbocycles. The van der Waals surface area contributed by atoms with Gasteiger partial charge in [0.2, 0.25) is 5.91 Å². The van der Waals surface area contributed by atoms with E-state index in [1.807, 2.05) is 58.6 Å². The van der Waals surface area contributed by atoms with Gasteiger partial charge in [0, 0.05) is 56.4 Å². The molecule has 3 amide bonds. The summed E-state index contributed by atoms with van der Waals surface area (Å²) in [6, 6.07) is 2.91. The molecule has 0 unspecified atom stereocenters. The first-order valence-corrected chi connectivity index (χ1v) is 16.4.